The van der Waals surface area contributed by atoms with Gasteiger partial charge >= 0.3 is 0 Å². The van der Waals surface area contributed by atoms with Gasteiger partial charge in [0.25, 0.3) is 0 Å². The van der Waals surface area contributed by atoms with Gasteiger partial charge in [-0.1, -0.05) is 34.5 Å². The second-order valence-corrected chi connectivity index (χ2v) is 8.84. The lowest BCUT2D eigenvalue weighted by Crippen LogP contribution is -2.49. The number of aryl methyl sites for hydroxylation is 1. The average molecular weight is 558 g/mol. The molecule has 1 atom stereocenters. The van der Waals surface area contributed by atoms with E-state index in [2.05, 4.69) is 66.7 Å². The minimum Gasteiger partial charge on any atom is -0.355 e. The third-order valence-corrected chi connectivity index (χ3v) is 6.78. The molecular formula is C21H29BrIN5. The maximum Gasteiger partial charge on any atom is 0.193 e. The van der Waals surface area contributed by atoms with Crippen LogP contribution in [0.15, 0.2) is 46.1 Å². The fraction of sp³-hybridized carbons (Fsp3) is 0.524. The maximum absolute atomic E-state index is 4.58. The summed E-state index contributed by atoms with van der Waals surface area (Å²) in [5, 5.41) is 8.02. The lowest BCUT2D eigenvalue weighted by Gasteiger charge is -2.43. The summed E-state index contributed by atoms with van der Waals surface area (Å²) >= 11 is 3.55. The molecule has 1 aliphatic carbocycles. The van der Waals surface area contributed by atoms with Crippen molar-refractivity contribution in [3.05, 3.63) is 52.3 Å². The number of rotatable bonds is 4. The Morgan fingerprint density at radius 1 is 1.32 bits per heavy atom. The number of hydrogen-bond donors (Lipinski definition) is 1. The van der Waals surface area contributed by atoms with E-state index in [0.29, 0.717) is 5.92 Å². The smallest absolute Gasteiger partial charge is 0.193 e. The van der Waals surface area contributed by atoms with Gasteiger partial charge in [0.05, 0.1) is 6.20 Å². The normalized spacial score (nSPS) is 21.2. The summed E-state index contributed by atoms with van der Waals surface area (Å²) in [5.41, 5.74) is 3.02. The number of nitrogens with zero attached hydrogens (tertiary/aromatic N) is 4. The number of nitrogens with one attached hydrogen (secondary N) is 1. The molecule has 1 saturated heterocycles. The van der Waals surface area contributed by atoms with Crippen molar-refractivity contribution in [1.29, 1.82) is 0 Å². The molecule has 1 unspecified atom stereocenters. The Morgan fingerprint density at radius 3 is 2.64 bits per heavy atom. The second-order valence-electron chi connectivity index (χ2n) is 7.92. The van der Waals surface area contributed by atoms with Crippen LogP contribution in [0.4, 0.5) is 0 Å². The van der Waals surface area contributed by atoms with Gasteiger partial charge < -0.3 is 10.2 Å². The van der Waals surface area contributed by atoms with E-state index in [4.69, 9.17) is 0 Å². The molecular weight excluding hydrogens is 529 g/mol. The van der Waals surface area contributed by atoms with E-state index < -0.39 is 0 Å². The van der Waals surface area contributed by atoms with Gasteiger partial charge in [0.1, 0.15) is 0 Å². The van der Waals surface area contributed by atoms with Crippen LogP contribution in [0.3, 0.4) is 0 Å². The van der Waals surface area contributed by atoms with Crippen LogP contribution in [0.25, 0.3) is 0 Å². The van der Waals surface area contributed by atoms with Crippen molar-refractivity contribution in [2.24, 2.45) is 12.0 Å². The highest BCUT2D eigenvalue weighted by molar-refractivity contribution is 14.0. The third kappa shape index (κ3) is 4.40. The van der Waals surface area contributed by atoms with Crippen LogP contribution in [0, 0.1) is 0 Å². The van der Waals surface area contributed by atoms with E-state index in [1.54, 1.807) is 0 Å². The zero-order chi connectivity index (χ0) is 18.9. The Bertz CT molecular complexity index is 812. The lowest BCUT2D eigenvalue weighted by molar-refractivity contribution is 0.241. The lowest BCUT2D eigenvalue weighted by atomic mass is 9.64. The van der Waals surface area contributed by atoms with Crippen LogP contribution in [0.2, 0.25) is 0 Å². The standard InChI is InChI=1S/C21H28BrN5.HI/c1-23-20(27-11-8-16(14-27)17-12-25-26(2)13-17)24-15-21(9-3-10-21)18-4-6-19(22)7-5-18;/h4-7,12-13,16H,3,8-11,14-15H2,1-2H3,(H,23,24);1H. The highest BCUT2D eigenvalue weighted by Crippen LogP contribution is 2.43. The summed E-state index contributed by atoms with van der Waals surface area (Å²) in [6.07, 6.45) is 9.10. The van der Waals surface area contributed by atoms with Crippen molar-refractivity contribution in [3.63, 3.8) is 0 Å². The minimum absolute atomic E-state index is 0. The molecule has 2 fully saturated rings. The van der Waals surface area contributed by atoms with Gasteiger partial charge in [0, 0.05) is 55.7 Å². The van der Waals surface area contributed by atoms with Crippen molar-refractivity contribution in [2.75, 3.05) is 26.7 Å². The summed E-state index contributed by atoms with van der Waals surface area (Å²) in [7, 11) is 3.88. The molecule has 2 aliphatic rings. The van der Waals surface area contributed by atoms with Crippen molar-refractivity contribution in [2.45, 2.75) is 37.0 Å². The summed E-state index contributed by atoms with van der Waals surface area (Å²) < 4.78 is 3.03. The number of aromatic nitrogens is 2. The van der Waals surface area contributed by atoms with Gasteiger partial charge in [0.15, 0.2) is 5.96 Å². The molecule has 1 aliphatic heterocycles. The first-order valence-corrected chi connectivity index (χ1v) is 10.6. The summed E-state index contributed by atoms with van der Waals surface area (Å²) in [6, 6.07) is 8.84. The van der Waals surface area contributed by atoms with Crippen molar-refractivity contribution >= 4 is 45.9 Å². The molecule has 2 heterocycles. The summed E-state index contributed by atoms with van der Waals surface area (Å²) in [4.78, 5) is 6.97. The molecule has 1 aromatic carbocycles. The Labute approximate surface area is 193 Å². The molecule has 0 bridgehead atoms. The largest absolute Gasteiger partial charge is 0.355 e. The van der Waals surface area contributed by atoms with Gasteiger partial charge in [-0.15, -0.1) is 24.0 Å². The zero-order valence-corrected chi connectivity index (χ0v) is 20.5. The Kier molecular flexibility index (Phi) is 7.07. The van der Waals surface area contributed by atoms with Gasteiger partial charge in [-0.05, 0) is 42.5 Å². The second kappa shape index (κ2) is 9.15. The van der Waals surface area contributed by atoms with Crippen LogP contribution in [-0.2, 0) is 12.5 Å². The molecule has 1 saturated carbocycles. The number of guanidine groups is 1. The summed E-state index contributed by atoms with van der Waals surface area (Å²) in [6.45, 7) is 3.01. The highest BCUT2D eigenvalue weighted by Gasteiger charge is 2.39. The molecule has 1 N–H and O–H groups in total. The first-order chi connectivity index (χ1) is 13.1. The molecule has 152 valence electrons. The third-order valence-electron chi connectivity index (χ3n) is 6.25. The van der Waals surface area contributed by atoms with E-state index >= 15 is 0 Å². The number of likely N-dealkylation sites (tertiary alicyclic amines) is 1. The number of halogens is 2. The topological polar surface area (TPSA) is 45.5 Å². The van der Waals surface area contributed by atoms with Crippen molar-refractivity contribution in [1.82, 2.24) is 20.0 Å². The Balaban J connectivity index is 0.00000225. The zero-order valence-electron chi connectivity index (χ0n) is 16.6. The predicted molar refractivity (Wildman–Crippen MR) is 129 cm³/mol. The molecule has 0 spiro atoms. The van der Waals surface area contributed by atoms with Crippen molar-refractivity contribution < 1.29 is 0 Å². The Morgan fingerprint density at radius 2 is 2.07 bits per heavy atom. The molecule has 0 amide bonds. The highest BCUT2D eigenvalue weighted by atomic mass is 127. The Hall–Kier alpha value is -1.09. The van der Waals surface area contributed by atoms with Gasteiger partial charge in [-0.3, -0.25) is 9.67 Å². The van der Waals surface area contributed by atoms with Gasteiger partial charge in [-0.2, -0.15) is 5.10 Å². The van der Waals surface area contributed by atoms with Crippen LogP contribution in [0.1, 0.15) is 42.7 Å². The maximum atomic E-state index is 4.58. The molecule has 7 heteroatoms. The molecule has 1 aromatic heterocycles. The SMILES string of the molecule is CN=C(NCC1(c2ccc(Br)cc2)CCC1)N1CCC(c2cnn(C)c2)C1.I. The van der Waals surface area contributed by atoms with E-state index in [-0.39, 0.29) is 29.4 Å². The first kappa shape index (κ1) is 21.6. The number of hydrogen-bond acceptors (Lipinski definition) is 2. The average Bonchev–Trinajstić information content (AvgIpc) is 3.28. The number of aliphatic imine (C=N–C) groups is 1. The van der Waals surface area contributed by atoms with Gasteiger partial charge in [-0.25, -0.2) is 0 Å². The molecule has 5 nitrogen and oxygen atoms in total. The van der Waals surface area contributed by atoms with Crippen LogP contribution in [-0.4, -0.2) is 47.3 Å². The van der Waals surface area contributed by atoms with Crippen molar-refractivity contribution in [3.8, 4) is 0 Å². The molecule has 28 heavy (non-hydrogen) atoms. The minimum atomic E-state index is 0. The van der Waals surface area contributed by atoms with E-state index in [0.717, 1.165) is 36.5 Å². The van der Waals surface area contributed by atoms with Gasteiger partial charge in [0.2, 0.25) is 0 Å². The van der Waals surface area contributed by atoms with Crippen LogP contribution < -0.4 is 5.32 Å². The quantitative estimate of drug-likeness (QED) is 0.346. The molecule has 4 rings (SSSR count). The summed E-state index contributed by atoms with van der Waals surface area (Å²) in [5.74, 6) is 1.58. The van der Waals surface area contributed by atoms with Crippen LogP contribution >= 0.6 is 39.9 Å². The number of benzene rings is 1. The fourth-order valence-electron chi connectivity index (χ4n) is 4.43. The fourth-order valence-corrected chi connectivity index (χ4v) is 4.70. The monoisotopic (exact) mass is 557 g/mol. The van der Waals surface area contributed by atoms with E-state index in [1.807, 2.05) is 25.0 Å². The van der Waals surface area contributed by atoms with E-state index in [1.165, 1.54) is 30.4 Å². The van der Waals surface area contributed by atoms with Crippen LogP contribution in [0.5, 0.6) is 0 Å². The molecule has 2 aromatic rings. The first-order valence-electron chi connectivity index (χ1n) is 9.80. The van der Waals surface area contributed by atoms with E-state index in [9.17, 15) is 0 Å². The molecule has 0 radical (unpaired) electrons. The predicted octanol–water partition coefficient (Wildman–Crippen LogP) is 4.29.